The number of carbonyl (C=O) groups is 1. The lowest BCUT2D eigenvalue weighted by molar-refractivity contribution is 0.102. The molecule has 0 saturated heterocycles. The van der Waals surface area contributed by atoms with E-state index < -0.39 is 5.91 Å². The van der Waals surface area contributed by atoms with Gasteiger partial charge in [0.15, 0.2) is 10.9 Å². The van der Waals surface area contributed by atoms with Gasteiger partial charge in [0.25, 0.3) is 5.91 Å². The summed E-state index contributed by atoms with van der Waals surface area (Å²) in [5, 5.41) is 3.75. The molecule has 1 N–H and O–H groups in total. The van der Waals surface area contributed by atoms with E-state index in [4.69, 9.17) is 32.7 Å². The number of methoxy groups -OCH3 is 1. The van der Waals surface area contributed by atoms with Crippen molar-refractivity contribution in [2.24, 2.45) is 0 Å². The highest BCUT2D eigenvalue weighted by Gasteiger charge is 2.20. The summed E-state index contributed by atoms with van der Waals surface area (Å²) in [6.45, 7) is 2.51. The van der Waals surface area contributed by atoms with Crippen LogP contribution >= 0.6 is 34.5 Å². The fourth-order valence-electron chi connectivity index (χ4n) is 2.32. The van der Waals surface area contributed by atoms with Gasteiger partial charge in [-0.05, 0) is 37.3 Å². The molecule has 3 rings (SSSR count). The first-order valence-corrected chi connectivity index (χ1v) is 8.97. The van der Waals surface area contributed by atoms with Gasteiger partial charge in [-0.2, -0.15) is 0 Å². The Morgan fingerprint density at radius 1 is 1.24 bits per heavy atom. The predicted octanol–water partition coefficient (Wildman–Crippen LogP) is 5.26. The van der Waals surface area contributed by atoms with Crippen LogP contribution < -0.4 is 14.8 Å². The van der Waals surface area contributed by atoms with Crippen molar-refractivity contribution in [3.63, 3.8) is 0 Å². The van der Waals surface area contributed by atoms with Gasteiger partial charge in [-0.3, -0.25) is 10.1 Å². The van der Waals surface area contributed by atoms with Crippen LogP contribution in [0.5, 0.6) is 11.5 Å². The molecule has 8 heteroatoms. The van der Waals surface area contributed by atoms with E-state index in [1.54, 1.807) is 12.1 Å². The van der Waals surface area contributed by atoms with E-state index in [1.807, 2.05) is 25.1 Å². The minimum atomic E-state index is -0.437. The molecular formula is C17H14Cl2N2O3S. The number of halogens is 2. The van der Waals surface area contributed by atoms with E-state index in [1.165, 1.54) is 18.4 Å². The van der Waals surface area contributed by atoms with Crippen LogP contribution in [0.2, 0.25) is 10.0 Å². The topological polar surface area (TPSA) is 60.5 Å². The molecule has 3 aromatic rings. The van der Waals surface area contributed by atoms with Crippen molar-refractivity contribution in [3.8, 4) is 11.5 Å². The molecule has 1 aromatic heterocycles. The van der Waals surface area contributed by atoms with Gasteiger partial charge in [-0.25, -0.2) is 4.98 Å². The molecule has 5 nitrogen and oxygen atoms in total. The Morgan fingerprint density at radius 3 is 2.72 bits per heavy atom. The Morgan fingerprint density at radius 2 is 2.00 bits per heavy atom. The molecule has 0 aliphatic heterocycles. The number of hydrogen-bond donors (Lipinski definition) is 1. The maximum Gasteiger partial charge on any atom is 0.262 e. The molecule has 0 saturated carbocycles. The van der Waals surface area contributed by atoms with Crippen LogP contribution in [0.3, 0.4) is 0 Å². The second-order valence-electron chi connectivity index (χ2n) is 4.97. The number of ether oxygens (including phenoxy) is 2. The zero-order valence-corrected chi connectivity index (χ0v) is 15.8. The first-order chi connectivity index (χ1) is 12.0. The highest BCUT2D eigenvalue weighted by atomic mass is 35.5. The zero-order valence-electron chi connectivity index (χ0n) is 13.4. The molecule has 1 amide bonds. The van der Waals surface area contributed by atoms with Crippen molar-refractivity contribution in [1.29, 1.82) is 0 Å². The zero-order chi connectivity index (χ0) is 18.0. The molecule has 0 atom stereocenters. The van der Waals surface area contributed by atoms with E-state index in [2.05, 4.69) is 10.3 Å². The number of rotatable bonds is 5. The van der Waals surface area contributed by atoms with Crippen molar-refractivity contribution in [2.45, 2.75) is 6.92 Å². The molecule has 0 radical (unpaired) electrons. The lowest BCUT2D eigenvalue weighted by Crippen LogP contribution is -2.14. The van der Waals surface area contributed by atoms with Crippen molar-refractivity contribution in [3.05, 3.63) is 45.9 Å². The molecule has 1 heterocycles. The molecule has 2 aromatic carbocycles. The van der Waals surface area contributed by atoms with Gasteiger partial charge in [0, 0.05) is 0 Å². The molecule has 0 aliphatic carbocycles. The van der Waals surface area contributed by atoms with E-state index in [0.29, 0.717) is 16.8 Å². The number of hydrogen-bond acceptors (Lipinski definition) is 5. The summed E-state index contributed by atoms with van der Waals surface area (Å²) in [6.07, 6.45) is 0. The van der Waals surface area contributed by atoms with Crippen LogP contribution in [0.25, 0.3) is 10.2 Å². The van der Waals surface area contributed by atoms with E-state index in [-0.39, 0.29) is 16.3 Å². The molecule has 130 valence electrons. The minimum Gasteiger partial charge on any atom is -0.494 e. The number of aromatic nitrogens is 1. The lowest BCUT2D eigenvalue weighted by atomic mass is 10.2. The van der Waals surface area contributed by atoms with Gasteiger partial charge in [0.2, 0.25) is 0 Å². The molecule has 0 bridgehead atoms. The Balaban J connectivity index is 1.91. The summed E-state index contributed by atoms with van der Waals surface area (Å²) in [6, 6.07) is 8.70. The Bertz CT molecular complexity index is 943. The van der Waals surface area contributed by atoms with Crippen molar-refractivity contribution >= 4 is 55.8 Å². The standard InChI is InChI=1S/C17H14Cl2N2O3S/c1-3-24-9-4-7-12-13(8-9)25-17(20-12)21-16(22)14-10(18)5-6-11(19)15(14)23-2/h4-8H,3H2,1-2H3,(H,20,21,22). The normalized spacial score (nSPS) is 10.7. The summed E-state index contributed by atoms with van der Waals surface area (Å²) in [7, 11) is 1.43. The molecule has 0 aliphatic rings. The maximum atomic E-state index is 12.6. The molecule has 25 heavy (non-hydrogen) atoms. The number of amides is 1. The minimum absolute atomic E-state index is 0.172. The second kappa shape index (κ2) is 7.47. The first kappa shape index (κ1) is 17.8. The van der Waals surface area contributed by atoms with E-state index >= 15 is 0 Å². The van der Waals surface area contributed by atoms with Crippen LogP contribution in [-0.2, 0) is 0 Å². The molecule has 0 spiro atoms. The average Bonchev–Trinajstić information content (AvgIpc) is 2.98. The van der Waals surface area contributed by atoms with Gasteiger partial charge in [-0.15, -0.1) is 0 Å². The quantitative estimate of drug-likeness (QED) is 0.638. The van der Waals surface area contributed by atoms with Gasteiger partial charge < -0.3 is 9.47 Å². The Hall–Kier alpha value is -2.02. The molecular weight excluding hydrogens is 383 g/mol. The van der Waals surface area contributed by atoms with Gasteiger partial charge in [0.05, 0.1) is 34.0 Å². The van der Waals surface area contributed by atoms with Gasteiger partial charge in [0.1, 0.15) is 11.3 Å². The third-order valence-corrected chi connectivity index (χ3v) is 4.93. The van der Waals surface area contributed by atoms with E-state index in [0.717, 1.165) is 16.0 Å². The summed E-state index contributed by atoms with van der Waals surface area (Å²) in [5.41, 5.74) is 0.943. The van der Waals surface area contributed by atoms with E-state index in [9.17, 15) is 4.79 Å². The summed E-state index contributed by atoms with van der Waals surface area (Å²) < 4.78 is 11.6. The van der Waals surface area contributed by atoms with Crippen molar-refractivity contribution in [1.82, 2.24) is 4.98 Å². The summed E-state index contributed by atoms with van der Waals surface area (Å²) >= 11 is 13.6. The SMILES string of the molecule is CCOc1ccc2nc(NC(=O)c3c(Cl)ccc(Cl)c3OC)sc2c1. The highest BCUT2D eigenvalue weighted by Crippen LogP contribution is 2.35. The summed E-state index contributed by atoms with van der Waals surface area (Å²) in [4.78, 5) is 17.0. The number of anilines is 1. The number of nitrogens with zero attached hydrogens (tertiary/aromatic N) is 1. The fraction of sp³-hybridized carbons (Fsp3) is 0.176. The summed E-state index contributed by atoms with van der Waals surface area (Å²) in [5.74, 6) is 0.552. The second-order valence-corrected chi connectivity index (χ2v) is 6.82. The number of carbonyl (C=O) groups excluding carboxylic acids is 1. The molecule has 0 unspecified atom stereocenters. The third-order valence-electron chi connectivity index (χ3n) is 3.38. The molecule has 0 fully saturated rings. The van der Waals surface area contributed by atoms with Crippen LogP contribution in [-0.4, -0.2) is 24.6 Å². The lowest BCUT2D eigenvalue weighted by Gasteiger charge is -2.11. The van der Waals surface area contributed by atoms with Gasteiger partial charge in [-0.1, -0.05) is 34.5 Å². The number of thiazole rings is 1. The maximum absolute atomic E-state index is 12.6. The number of nitrogens with one attached hydrogen (secondary N) is 1. The first-order valence-electron chi connectivity index (χ1n) is 7.40. The largest absolute Gasteiger partial charge is 0.494 e. The number of benzene rings is 2. The van der Waals surface area contributed by atoms with Crippen LogP contribution in [0.4, 0.5) is 5.13 Å². The van der Waals surface area contributed by atoms with Crippen LogP contribution in [0.15, 0.2) is 30.3 Å². The number of fused-ring (bicyclic) bond motifs is 1. The fourth-order valence-corrected chi connectivity index (χ4v) is 3.68. The van der Waals surface area contributed by atoms with Crippen molar-refractivity contribution in [2.75, 3.05) is 19.0 Å². The Labute approximate surface area is 158 Å². The smallest absolute Gasteiger partial charge is 0.262 e. The van der Waals surface area contributed by atoms with Crippen molar-refractivity contribution < 1.29 is 14.3 Å². The van der Waals surface area contributed by atoms with Crippen LogP contribution in [0.1, 0.15) is 17.3 Å². The average molecular weight is 397 g/mol. The predicted molar refractivity (Wildman–Crippen MR) is 102 cm³/mol. The monoisotopic (exact) mass is 396 g/mol. The third kappa shape index (κ3) is 3.66. The van der Waals surface area contributed by atoms with Crippen LogP contribution in [0, 0.1) is 0 Å². The Kier molecular flexibility index (Phi) is 5.32. The van der Waals surface area contributed by atoms with Gasteiger partial charge >= 0.3 is 0 Å². The highest BCUT2D eigenvalue weighted by molar-refractivity contribution is 7.22.